The van der Waals surface area contributed by atoms with Gasteiger partial charge in [-0.3, -0.25) is 4.84 Å². The number of nitrogens with one attached hydrogen (secondary N) is 1. The van der Waals surface area contributed by atoms with Gasteiger partial charge in [0.15, 0.2) is 0 Å². The Morgan fingerprint density at radius 1 is 0.667 bits per heavy atom. The van der Waals surface area contributed by atoms with Crippen LogP contribution in [-0.2, 0) is 11.4 Å². The van der Waals surface area contributed by atoms with E-state index < -0.39 is 5.97 Å². The van der Waals surface area contributed by atoms with Gasteiger partial charge in [0, 0.05) is 23.0 Å². The third-order valence-corrected chi connectivity index (χ3v) is 8.32. The third kappa shape index (κ3) is 5.95. The number of ketones is 1. The molecule has 207 valence electrons. The van der Waals surface area contributed by atoms with Crippen LogP contribution >= 0.6 is 0 Å². The molecule has 1 aliphatic carbocycles. The summed E-state index contributed by atoms with van der Waals surface area (Å²) < 4.78 is 0. The van der Waals surface area contributed by atoms with Gasteiger partial charge in [0.25, 0.3) is 0 Å². The monoisotopic (exact) mass is 552 g/mol. The zero-order valence-electron chi connectivity index (χ0n) is 23.6. The Labute approximate surface area is 247 Å². The van der Waals surface area contributed by atoms with Crippen LogP contribution < -0.4 is 5.06 Å². The summed E-state index contributed by atoms with van der Waals surface area (Å²) in [5.74, 6) is -0.170. The average molecular weight is 553 g/mol. The standard InChI is InChI=1S/C38H33NO3/c1-27(29-16-8-3-9-17-29)39(26-28-14-6-2-7-15-28)42-38(41)33-24-22-32(23-25-33)37(40)36-34(30-18-10-4-11-19-30)35(36)31-20-12-5-13-21-31/h2-25,27,34-36H,26H2,1H3/q+1/p+1/t27-,34-,35+,36?/m1/s1. The van der Waals surface area contributed by atoms with Gasteiger partial charge in [-0.15, -0.1) is 5.06 Å². The quantitative estimate of drug-likeness (QED) is 0.115. The van der Waals surface area contributed by atoms with E-state index in [0.717, 1.165) is 11.1 Å². The largest absolute Gasteiger partial charge is 0.478 e. The van der Waals surface area contributed by atoms with Gasteiger partial charge >= 0.3 is 11.8 Å². The van der Waals surface area contributed by atoms with E-state index in [1.165, 1.54) is 11.1 Å². The molecule has 0 aromatic heterocycles. The molecule has 1 radical (unpaired) electrons. The summed E-state index contributed by atoms with van der Waals surface area (Å²) in [6, 6.07) is 47.5. The molecule has 0 heterocycles. The van der Waals surface area contributed by atoms with Gasteiger partial charge in [0.05, 0.1) is 11.1 Å². The Hall–Kier alpha value is -4.80. The van der Waals surface area contributed by atoms with Crippen molar-refractivity contribution in [2.75, 3.05) is 0 Å². The molecule has 0 spiro atoms. The fraction of sp³-hybridized carbons (Fsp3) is 0.158. The van der Waals surface area contributed by atoms with Gasteiger partial charge < -0.3 is 0 Å². The van der Waals surface area contributed by atoms with E-state index in [0.29, 0.717) is 22.7 Å². The summed E-state index contributed by atoms with van der Waals surface area (Å²) in [4.78, 5) is 33.2. The van der Waals surface area contributed by atoms with Crippen molar-refractivity contribution in [1.82, 2.24) is 0 Å². The molecule has 1 saturated carbocycles. The first-order valence-corrected chi connectivity index (χ1v) is 14.5. The van der Waals surface area contributed by atoms with Gasteiger partial charge in [-0.25, -0.2) is 4.79 Å². The number of benzene rings is 5. The van der Waals surface area contributed by atoms with Crippen molar-refractivity contribution in [3.05, 3.63) is 179 Å². The van der Waals surface area contributed by atoms with E-state index in [9.17, 15) is 9.59 Å². The van der Waals surface area contributed by atoms with Crippen LogP contribution in [0.25, 0.3) is 0 Å². The minimum absolute atomic E-state index is 0.0732. The van der Waals surface area contributed by atoms with Gasteiger partial charge in [0.2, 0.25) is 4.79 Å². The van der Waals surface area contributed by atoms with Crippen LogP contribution in [-0.4, -0.2) is 11.8 Å². The zero-order valence-corrected chi connectivity index (χ0v) is 23.6. The Morgan fingerprint density at radius 3 is 1.64 bits per heavy atom. The molecule has 6 rings (SSSR count). The highest BCUT2D eigenvalue weighted by Gasteiger charge is 2.61. The predicted molar refractivity (Wildman–Crippen MR) is 164 cm³/mol. The van der Waals surface area contributed by atoms with E-state index in [1.54, 1.807) is 24.3 Å². The van der Waals surface area contributed by atoms with Crippen molar-refractivity contribution in [2.45, 2.75) is 31.3 Å². The summed E-state index contributed by atoms with van der Waals surface area (Å²) in [5.41, 5.74) is 5.56. The van der Waals surface area contributed by atoms with Gasteiger partial charge in [-0.1, -0.05) is 121 Å². The second kappa shape index (κ2) is 12.4. The van der Waals surface area contributed by atoms with Crippen molar-refractivity contribution in [1.29, 1.82) is 0 Å². The molecule has 1 fully saturated rings. The summed E-state index contributed by atoms with van der Waals surface area (Å²) in [6.07, 6.45) is 0. The number of hydrogen-bond donors (Lipinski definition) is 1. The summed E-state index contributed by atoms with van der Waals surface area (Å²) >= 11 is 0. The van der Waals surface area contributed by atoms with E-state index in [4.69, 9.17) is 4.84 Å². The normalized spacial score (nSPS) is 18.9. The summed E-state index contributed by atoms with van der Waals surface area (Å²) in [7, 11) is 0. The van der Waals surface area contributed by atoms with Crippen LogP contribution in [0.2, 0.25) is 0 Å². The molecule has 1 N–H and O–H groups in total. The molecule has 4 heteroatoms. The lowest BCUT2D eigenvalue weighted by molar-refractivity contribution is -1.11. The summed E-state index contributed by atoms with van der Waals surface area (Å²) in [5, 5.41) is 0.687. The third-order valence-electron chi connectivity index (χ3n) is 8.32. The minimum Gasteiger partial charge on any atom is -0.272 e. The first-order chi connectivity index (χ1) is 20.6. The molecule has 4 nitrogen and oxygen atoms in total. The average Bonchev–Trinajstić information content (AvgIpc) is 3.81. The second-order valence-electron chi connectivity index (χ2n) is 11.0. The van der Waals surface area contributed by atoms with Gasteiger partial charge in [0.1, 0.15) is 18.5 Å². The topological polar surface area (TPSA) is 50.6 Å². The van der Waals surface area contributed by atoms with Gasteiger partial charge in [-0.05, 0) is 42.3 Å². The highest BCUT2D eigenvalue weighted by molar-refractivity contribution is 6.02. The van der Waals surface area contributed by atoms with E-state index >= 15 is 0 Å². The van der Waals surface area contributed by atoms with Crippen molar-refractivity contribution < 1.29 is 19.5 Å². The fourth-order valence-electron chi connectivity index (χ4n) is 5.96. The van der Waals surface area contributed by atoms with Crippen LogP contribution in [0.15, 0.2) is 146 Å². The van der Waals surface area contributed by atoms with Gasteiger partial charge in [-0.2, -0.15) is 0 Å². The number of Topliss-reactive ketones (excluding diaryl/α,β-unsaturated/α-hetero) is 1. The first-order valence-electron chi connectivity index (χ1n) is 14.5. The fourth-order valence-corrected chi connectivity index (χ4v) is 5.96. The maximum absolute atomic E-state index is 13.8. The number of hydrogen-bond acceptors (Lipinski definition) is 3. The number of rotatable bonds is 10. The molecule has 5 aromatic carbocycles. The molecular formula is C38H34NO3+2. The molecule has 0 bridgehead atoms. The molecule has 1 aliphatic rings. The maximum atomic E-state index is 13.8. The lowest BCUT2D eigenvalue weighted by Gasteiger charge is -2.23. The van der Waals surface area contributed by atoms with E-state index in [1.807, 2.05) is 97.1 Å². The minimum atomic E-state index is -0.418. The number of carbonyl (C=O) groups is 2. The number of quaternary nitrogens is 1. The molecule has 2 unspecified atom stereocenters. The predicted octanol–water partition coefficient (Wildman–Crippen LogP) is 6.98. The van der Waals surface area contributed by atoms with Crippen molar-refractivity contribution in [2.24, 2.45) is 5.92 Å². The molecule has 5 aromatic rings. The Morgan fingerprint density at radius 2 is 1.12 bits per heavy atom. The number of carbonyl (C=O) groups excluding carboxylic acids is 2. The molecule has 0 aliphatic heterocycles. The molecule has 5 atom stereocenters. The lowest BCUT2D eigenvalue weighted by atomic mass is 10.0. The lowest BCUT2D eigenvalue weighted by Crippen LogP contribution is -3.10. The van der Waals surface area contributed by atoms with E-state index in [-0.39, 0.29) is 29.6 Å². The van der Waals surface area contributed by atoms with Crippen LogP contribution in [0, 0.1) is 5.92 Å². The highest BCUT2D eigenvalue weighted by Crippen LogP contribution is 2.61. The Bertz CT molecular complexity index is 1580. The van der Waals surface area contributed by atoms with Crippen molar-refractivity contribution in [3.8, 4) is 0 Å². The molecule has 0 saturated heterocycles. The zero-order chi connectivity index (χ0) is 28.9. The van der Waals surface area contributed by atoms with Crippen molar-refractivity contribution in [3.63, 3.8) is 0 Å². The molecular weight excluding hydrogens is 518 g/mol. The Balaban J connectivity index is 1.19. The van der Waals surface area contributed by atoms with Crippen LogP contribution in [0.4, 0.5) is 0 Å². The Kier molecular flexibility index (Phi) is 8.07. The second-order valence-corrected chi connectivity index (χ2v) is 11.0. The van der Waals surface area contributed by atoms with Crippen molar-refractivity contribution >= 4 is 11.8 Å². The highest BCUT2D eigenvalue weighted by atomic mass is 16.7. The molecule has 0 amide bonds. The smallest absolute Gasteiger partial charge is 0.272 e. The molecule has 42 heavy (non-hydrogen) atoms. The summed E-state index contributed by atoms with van der Waals surface area (Å²) in [6.45, 7) is 2.59. The van der Waals surface area contributed by atoms with Crippen LogP contribution in [0.5, 0.6) is 0 Å². The van der Waals surface area contributed by atoms with Crippen LogP contribution in [0.1, 0.15) is 67.8 Å². The SMILES string of the molecule is C[C@H](c1ccccc1)[NH+](Cc1ccccc1)OC(=O)c1ccc(C(=[O+])C2[C@@H](c3ccccc3)[C@H]2c2ccccc2)cc1. The maximum Gasteiger partial charge on any atom is 0.478 e. The number of hydroxylamine groups is 2. The van der Waals surface area contributed by atoms with E-state index in [2.05, 4.69) is 31.2 Å². The first kappa shape index (κ1) is 27.4. The van der Waals surface area contributed by atoms with Crippen LogP contribution in [0.3, 0.4) is 0 Å².